The van der Waals surface area contributed by atoms with Crippen LogP contribution in [0.4, 0.5) is 22.0 Å². The Balaban J connectivity index is 3.54. The van der Waals surface area contributed by atoms with Crippen LogP contribution in [0.1, 0.15) is 33.7 Å². The maximum atomic E-state index is 12.5. The third-order valence-corrected chi connectivity index (χ3v) is 2.00. The summed E-state index contributed by atoms with van der Waals surface area (Å²) in [5, 5.41) is 0. The molecule has 0 bridgehead atoms. The van der Waals surface area contributed by atoms with Crippen molar-refractivity contribution in [1.82, 2.24) is 4.98 Å². The van der Waals surface area contributed by atoms with Gasteiger partial charge in [-0.3, -0.25) is 4.79 Å². The summed E-state index contributed by atoms with van der Waals surface area (Å²) in [7, 11) is 0. The van der Waals surface area contributed by atoms with Crippen molar-refractivity contribution in [2.24, 2.45) is 5.73 Å². The molecule has 1 rings (SSSR count). The van der Waals surface area contributed by atoms with Crippen molar-refractivity contribution in [1.29, 1.82) is 0 Å². The number of aromatic nitrogens is 1. The summed E-state index contributed by atoms with van der Waals surface area (Å²) in [6.07, 6.45) is -8.16. The fourth-order valence-electron chi connectivity index (χ4n) is 1.26. The van der Waals surface area contributed by atoms with E-state index in [0.29, 0.717) is 0 Å². The van der Waals surface area contributed by atoms with Crippen molar-refractivity contribution in [3.05, 3.63) is 28.6 Å². The Bertz CT molecular complexity index is 430. The molecule has 0 amide bonds. The minimum Gasteiger partial charge on any atom is -0.325 e. The van der Waals surface area contributed by atoms with Gasteiger partial charge in [0, 0.05) is 12.1 Å². The molecule has 0 unspecified atom stereocenters. The minimum absolute atomic E-state index is 0.0900. The molecule has 0 aromatic carbocycles. The lowest BCUT2D eigenvalue weighted by atomic mass is 10.1. The van der Waals surface area contributed by atoms with E-state index in [9.17, 15) is 26.7 Å². The second-order valence-corrected chi connectivity index (χ2v) is 3.08. The largest absolute Gasteiger partial charge is 0.417 e. The fraction of sp³-hybridized carbons (Fsp3) is 0.333. The summed E-state index contributed by atoms with van der Waals surface area (Å²) >= 11 is 0. The van der Waals surface area contributed by atoms with Gasteiger partial charge >= 0.3 is 6.18 Å². The van der Waals surface area contributed by atoms with E-state index < -0.39 is 41.7 Å². The fourth-order valence-corrected chi connectivity index (χ4v) is 1.26. The Hall–Kier alpha value is -1.57. The van der Waals surface area contributed by atoms with Crippen molar-refractivity contribution < 1.29 is 26.7 Å². The molecule has 0 aliphatic carbocycles. The minimum atomic E-state index is -4.91. The first-order chi connectivity index (χ1) is 7.81. The zero-order valence-corrected chi connectivity index (χ0v) is 8.26. The normalized spacial score (nSPS) is 11.9. The van der Waals surface area contributed by atoms with Crippen LogP contribution in [0.3, 0.4) is 0 Å². The Morgan fingerprint density at radius 3 is 2.35 bits per heavy atom. The Labute approximate surface area is 92.4 Å². The van der Waals surface area contributed by atoms with Gasteiger partial charge in [0.25, 0.3) is 6.43 Å². The quantitative estimate of drug-likeness (QED) is 0.665. The summed E-state index contributed by atoms with van der Waals surface area (Å²) in [6.45, 7) is -0.530. The summed E-state index contributed by atoms with van der Waals surface area (Å²) in [5.41, 5.74) is 1.28. The Kier molecular flexibility index (Phi) is 3.76. The van der Waals surface area contributed by atoms with Crippen molar-refractivity contribution in [2.45, 2.75) is 19.1 Å². The predicted molar refractivity (Wildman–Crippen MR) is 47.5 cm³/mol. The molecule has 0 saturated carbocycles. The van der Waals surface area contributed by atoms with E-state index >= 15 is 0 Å². The van der Waals surface area contributed by atoms with Gasteiger partial charge in [-0.1, -0.05) is 0 Å². The molecule has 3 nitrogen and oxygen atoms in total. The van der Waals surface area contributed by atoms with Gasteiger partial charge in [0.1, 0.15) is 5.69 Å². The van der Waals surface area contributed by atoms with Gasteiger partial charge < -0.3 is 5.73 Å². The summed E-state index contributed by atoms with van der Waals surface area (Å²) in [4.78, 5) is 13.8. The average molecular weight is 254 g/mol. The van der Waals surface area contributed by atoms with Gasteiger partial charge in [-0.25, -0.2) is 13.8 Å². The van der Waals surface area contributed by atoms with Crippen LogP contribution in [0.15, 0.2) is 6.07 Å². The van der Waals surface area contributed by atoms with Crippen LogP contribution in [0, 0.1) is 0 Å². The summed E-state index contributed by atoms with van der Waals surface area (Å²) < 4.78 is 62.2. The first kappa shape index (κ1) is 13.5. The molecule has 2 N–H and O–H groups in total. The average Bonchev–Trinajstić information content (AvgIpc) is 2.25. The number of carbonyl (C=O) groups excluding carboxylic acids is 1. The number of rotatable bonds is 3. The van der Waals surface area contributed by atoms with Crippen LogP contribution < -0.4 is 5.73 Å². The first-order valence-electron chi connectivity index (χ1n) is 4.35. The smallest absolute Gasteiger partial charge is 0.325 e. The van der Waals surface area contributed by atoms with E-state index in [1.165, 1.54) is 0 Å². The highest BCUT2D eigenvalue weighted by atomic mass is 19.4. The second-order valence-electron chi connectivity index (χ2n) is 3.08. The second kappa shape index (κ2) is 4.74. The van der Waals surface area contributed by atoms with E-state index in [0.717, 1.165) is 0 Å². The third-order valence-electron chi connectivity index (χ3n) is 2.00. The zero-order valence-electron chi connectivity index (χ0n) is 8.26. The number of nitrogens with zero attached hydrogens (tertiary/aromatic N) is 1. The lowest BCUT2D eigenvalue weighted by Gasteiger charge is -2.13. The zero-order chi connectivity index (χ0) is 13.2. The maximum Gasteiger partial charge on any atom is 0.417 e. The van der Waals surface area contributed by atoms with E-state index in [4.69, 9.17) is 5.73 Å². The summed E-state index contributed by atoms with van der Waals surface area (Å²) in [5.74, 6) is 0. The molecule has 0 saturated heterocycles. The number of hydrogen-bond acceptors (Lipinski definition) is 3. The topological polar surface area (TPSA) is 56.0 Å². The number of carbonyl (C=O) groups is 1. The number of alkyl halides is 5. The van der Waals surface area contributed by atoms with Gasteiger partial charge in [0.15, 0.2) is 6.29 Å². The Morgan fingerprint density at radius 2 is 2.00 bits per heavy atom. The predicted octanol–water partition coefficient (Wildman–Crippen LogP) is 2.31. The molecule has 94 valence electrons. The van der Waals surface area contributed by atoms with E-state index in [-0.39, 0.29) is 12.4 Å². The standard InChI is InChI=1S/C9H7F5N2O/c10-8(11)6-1-5(9(12,13)14)4(3-17)7(2-15)16-6/h1,3,8H,2,15H2. The van der Waals surface area contributed by atoms with E-state index in [1.54, 1.807) is 0 Å². The van der Waals surface area contributed by atoms with E-state index in [1.807, 2.05) is 0 Å². The van der Waals surface area contributed by atoms with Crippen molar-refractivity contribution in [3.63, 3.8) is 0 Å². The van der Waals surface area contributed by atoms with Crippen LogP contribution in [-0.2, 0) is 12.7 Å². The number of hydrogen-bond donors (Lipinski definition) is 1. The molecule has 0 aliphatic rings. The molecule has 0 atom stereocenters. The molecule has 0 radical (unpaired) electrons. The van der Waals surface area contributed by atoms with Crippen LogP contribution in [0.2, 0.25) is 0 Å². The number of aldehydes is 1. The van der Waals surface area contributed by atoms with Crippen LogP contribution in [-0.4, -0.2) is 11.3 Å². The molecule has 0 fully saturated rings. The SMILES string of the molecule is NCc1nc(C(F)F)cc(C(F)(F)F)c1C=O. The molecule has 1 aromatic heterocycles. The molecule has 17 heavy (non-hydrogen) atoms. The van der Waals surface area contributed by atoms with Crippen LogP contribution in [0.5, 0.6) is 0 Å². The molecular weight excluding hydrogens is 247 g/mol. The van der Waals surface area contributed by atoms with Gasteiger partial charge in [0.2, 0.25) is 0 Å². The molecule has 0 spiro atoms. The summed E-state index contributed by atoms with van der Waals surface area (Å²) in [6, 6.07) is 0.160. The maximum absolute atomic E-state index is 12.5. The van der Waals surface area contributed by atoms with Gasteiger partial charge in [-0.15, -0.1) is 0 Å². The van der Waals surface area contributed by atoms with Crippen LogP contribution >= 0.6 is 0 Å². The monoisotopic (exact) mass is 254 g/mol. The number of nitrogens with two attached hydrogens (primary N) is 1. The van der Waals surface area contributed by atoms with E-state index in [2.05, 4.69) is 4.98 Å². The van der Waals surface area contributed by atoms with Crippen molar-refractivity contribution in [3.8, 4) is 0 Å². The molecule has 0 aliphatic heterocycles. The van der Waals surface area contributed by atoms with Crippen molar-refractivity contribution >= 4 is 6.29 Å². The third kappa shape index (κ3) is 2.76. The van der Waals surface area contributed by atoms with Gasteiger partial charge in [-0.2, -0.15) is 13.2 Å². The van der Waals surface area contributed by atoms with Gasteiger partial charge in [0.05, 0.1) is 11.3 Å². The number of halogens is 5. The van der Waals surface area contributed by atoms with Gasteiger partial charge in [-0.05, 0) is 6.07 Å². The highest BCUT2D eigenvalue weighted by molar-refractivity contribution is 5.79. The highest BCUT2D eigenvalue weighted by Gasteiger charge is 2.36. The molecule has 8 heteroatoms. The molecule has 1 aromatic rings. The highest BCUT2D eigenvalue weighted by Crippen LogP contribution is 2.34. The Morgan fingerprint density at radius 1 is 1.41 bits per heavy atom. The lowest BCUT2D eigenvalue weighted by molar-refractivity contribution is -0.138. The molecular formula is C9H7F5N2O. The first-order valence-corrected chi connectivity index (χ1v) is 4.35. The lowest BCUT2D eigenvalue weighted by Crippen LogP contribution is -2.16. The number of pyridine rings is 1. The van der Waals surface area contributed by atoms with Crippen molar-refractivity contribution in [2.75, 3.05) is 0 Å². The molecule has 1 heterocycles. The van der Waals surface area contributed by atoms with Crippen LogP contribution in [0.25, 0.3) is 0 Å².